The third-order valence-electron chi connectivity index (χ3n) is 3.23. The molecular formula is C17H14BrClN2S. The van der Waals surface area contributed by atoms with Crippen LogP contribution in [0.15, 0.2) is 53.0 Å². The van der Waals surface area contributed by atoms with Crippen molar-refractivity contribution in [1.29, 1.82) is 0 Å². The lowest BCUT2D eigenvalue weighted by Gasteiger charge is -2.02. The summed E-state index contributed by atoms with van der Waals surface area (Å²) in [6.45, 7) is 2.15. The summed E-state index contributed by atoms with van der Waals surface area (Å²) in [5, 5.41) is 4.98. The predicted octanol–water partition coefficient (Wildman–Crippen LogP) is 6.53. The van der Waals surface area contributed by atoms with Gasteiger partial charge in [-0.1, -0.05) is 46.6 Å². The fraction of sp³-hybridized carbons (Fsp3) is 0.118. The highest BCUT2D eigenvalue weighted by atomic mass is 79.9. The fourth-order valence-electron chi connectivity index (χ4n) is 2.13. The minimum Gasteiger partial charge on any atom is -0.332 e. The second kappa shape index (κ2) is 6.82. The normalized spacial score (nSPS) is 10.7. The Kier molecular flexibility index (Phi) is 4.81. The molecule has 0 spiro atoms. The van der Waals surface area contributed by atoms with Crippen molar-refractivity contribution in [2.24, 2.45) is 0 Å². The SMILES string of the molecule is CCc1sc(Nc2ccc(Cl)cc2)nc1-c1ccc(Br)cc1. The fourth-order valence-corrected chi connectivity index (χ4v) is 3.47. The Hall–Kier alpha value is -1.36. The first-order valence-electron chi connectivity index (χ1n) is 6.94. The van der Waals surface area contributed by atoms with Crippen LogP contribution >= 0.6 is 38.9 Å². The molecule has 22 heavy (non-hydrogen) atoms. The number of nitrogens with one attached hydrogen (secondary N) is 1. The predicted molar refractivity (Wildman–Crippen MR) is 99.4 cm³/mol. The maximum atomic E-state index is 5.91. The van der Waals surface area contributed by atoms with Crippen molar-refractivity contribution in [3.05, 3.63) is 62.9 Å². The highest BCUT2D eigenvalue weighted by Gasteiger charge is 2.12. The molecule has 0 amide bonds. The van der Waals surface area contributed by atoms with Crippen LogP contribution in [-0.2, 0) is 6.42 Å². The zero-order valence-corrected chi connectivity index (χ0v) is 15.1. The topological polar surface area (TPSA) is 24.9 Å². The van der Waals surface area contributed by atoms with Crippen LogP contribution in [0, 0.1) is 0 Å². The van der Waals surface area contributed by atoms with E-state index in [2.05, 4.69) is 40.3 Å². The van der Waals surface area contributed by atoms with Gasteiger partial charge in [-0.2, -0.15) is 0 Å². The maximum Gasteiger partial charge on any atom is 0.187 e. The van der Waals surface area contributed by atoms with Crippen LogP contribution in [0.1, 0.15) is 11.8 Å². The summed E-state index contributed by atoms with van der Waals surface area (Å²) < 4.78 is 1.07. The summed E-state index contributed by atoms with van der Waals surface area (Å²) in [6.07, 6.45) is 0.964. The molecule has 1 aromatic heterocycles. The van der Waals surface area contributed by atoms with Gasteiger partial charge in [-0.25, -0.2) is 4.98 Å². The Morgan fingerprint density at radius 3 is 2.41 bits per heavy atom. The smallest absolute Gasteiger partial charge is 0.187 e. The van der Waals surface area contributed by atoms with E-state index in [0.29, 0.717) is 0 Å². The molecular weight excluding hydrogens is 380 g/mol. The molecule has 0 aliphatic rings. The highest BCUT2D eigenvalue weighted by Crippen LogP contribution is 2.33. The van der Waals surface area contributed by atoms with Crippen molar-refractivity contribution in [1.82, 2.24) is 4.98 Å². The molecule has 2 nitrogen and oxygen atoms in total. The summed E-state index contributed by atoms with van der Waals surface area (Å²) in [5.41, 5.74) is 3.18. The van der Waals surface area contributed by atoms with Gasteiger partial charge >= 0.3 is 0 Å². The van der Waals surface area contributed by atoms with Gasteiger partial charge in [0.25, 0.3) is 0 Å². The van der Waals surface area contributed by atoms with Crippen LogP contribution in [0.25, 0.3) is 11.3 Å². The second-order valence-corrected chi connectivity index (χ2v) is 7.22. The molecule has 0 saturated carbocycles. The van der Waals surface area contributed by atoms with Crippen molar-refractivity contribution in [2.75, 3.05) is 5.32 Å². The van der Waals surface area contributed by atoms with Crippen molar-refractivity contribution < 1.29 is 0 Å². The molecule has 0 aliphatic heterocycles. The van der Waals surface area contributed by atoms with Gasteiger partial charge in [0.1, 0.15) is 0 Å². The number of nitrogens with zero attached hydrogens (tertiary/aromatic N) is 1. The van der Waals surface area contributed by atoms with Crippen LogP contribution in [0.2, 0.25) is 5.02 Å². The Morgan fingerprint density at radius 2 is 1.77 bits per heavy atom. The molecule has 0 bridgehead atoms. The van der Waals surface area contributed by atoms with Gasteiger partial charge in [0.05, 0.1) is 5.69 Å². The van der Waals surface area contributed by atoms with Gasteiger partial charge in [0, 0.05) is 25.6 Å². The molecule has 3 rings (SSSR count). The Labute approximate surface area is 147 Å². The number of aromatic nitrogens is 1. The van der Waals surface area contributed by atoms with Crippen molar-refractivity contribution in [3.63, 3.8) is 0 Å². The van der Waals surface area contributed by atoms with Crippen LogP contribution in [-0.4, -0.2) is 4.98 Å². The Morgan fingerprint density at radius 1 is 1.09 bits per heavy atom. The lowest BCUT2D eigenvalue weighted by Crippen LogP contribution is -1.89. The van der Waals surface area contributed by atoms with E-state index in [1.807, 2.05) is 36.4 Å². The number of hydrogen-bond donors (Lipinski definition) is 1. The molecule has 0 radical (unpaired) electrons. The number of anilines is 2. The van der Waals surface area contributed by atoms with Gasteiger partial charge < -0.3 is 5.32 Å². The molecule has 112 valence electrons. The third-order valence-corrected chi connectivity index (χ3v) is 5.13. The molecule has 0 fully saturated rings. The van der Waals surface area contributed by atoms with Crippen molar-refractivity contribution in [3.8, 4) is 11.3 Å². The summed E-state index contributed by atoms with van der Waals surface area (Å²) in [6, 6.07) is 15.9. The number of benzene rings is 2. The number of rotatable bonds is 4. The van der Waals surface area contributed by atoms with Crippen molar-refractivity contribution >= 4 is 49.7 Å². The van der Waals surface area contributed by atoms with Gasteiger partial charge in [-0.05, 0) is 42.8 Å². The molecule has 2 aromatic carbocycles. The minimum absolute atomic E-state index is 0.731. The van der Waals surface area contributed by atoms with Crippen LogP contribution in [0.4, 0.5) is 10.8 Å². The third kappa shape index (κ3) is 3.51. The molecule has 0 aliphatic carbocycles. The standard InChI is InChI=1S/C17H14BrClN2S/c1-2-15-16(11-3-5-12(18)6-4-11)21-17(22-15)20-14-9-7-13(19)8-10-14/h3-10H,2H2,1H3,(H,20,21). The molecule has 1 heterocycles. The van der Waals surface area contributed by atoms with Crippen molar-refractivity contribution in [2.45, 2.75) is 13.3 Å². The summed E-state index contributed by atoms with van der Waals surface area (Å²) in [4.78, 5) is 6.03. The number of aryl methyl sites for hydroxylation is 1. The van der Waals surface area contributed by atoms with E-state index in [1.54, 1.807) is 11.3 Å². The lowest BCUT2D eigenvalue weighted by atomic mass is 10.1. The summed E-state index contributed by atoms with van der Waals surface area (Å²) in [7, 11) is 0. The van der Waals surface area contributed by atoms with E-state index < -0.39 is 0 Å². The average Bonchev–Trinajstić information content (AvgIpc) is 2.93. The Balaban J connectivity index is 1.90. The first-order chi connectivity index (χ1) is 10.7. The maximum absolute atomic E-state index is 5.91. The van der Waals surface area contributed by atoms with E-state index in [9.17, 15) is 0 Å². The minimum atomic E-state index is 0.731. The lowest BCUT2D eigenvalue weighted by molar-refractivity contribution is 1.17. The first kappa shape index (κ1) is 15.5. The highest BCUT2D eigenvalue weighted by molar-refractivity contribution is 9.10. The van der Waals surface area contributed by atoms with Gasteiger partial charge in [-0.15, -0.1) is 11.3 Å². The van der Waals surface area contributed by atoms with Crippen LogP contribution in [0.5, 0.6) is 0 Å². The molecule has 0 atom stereocenters. The largest absolute Gasteiger partial charge is 0.332 e. The van der Waals surface area contributed by atoms with Gasteiger partial charge in [-0.3, -0.25) is 0 Å². The zero-order chi connectivity index (χ0) is 15.5. The van der Waals surface area contributed by atoms with E-state index in [-0.39, 0.29) is 0 Å². The Bertz CT molecular complexity index is 766. The molecule has 3 aromatic rings. The van der Waals surface area contributed by atoms with Crippen LogP contribution in [0.3, 0.4) is 0 Å². The number of thiazole rings is 1. The quantitative estimate of drug-likeness (QED) is 0.545. The first-order valence-corrected chi connectivity index (χ1v) is 8.92. The molecule has 1 N–H and O–H groups in total. The van der Waals surface area contributed by atoms with E-state index in [1.165, 1.54) is 4.88 Å². The van der Waals surface area contributed by atoms with Gasteiger partial charge in [0.15, 0.2) is 5.13 Å². The van der Waals surface area contributed by atoms with E-state index >= 15 is 0 Å². The zero-order valence-electron chi connectivity index (χ0n) is 11.9. The summed E-state index contributed by atoms with van der Waals surface area (Å²) >= 11 is 11.1. The average molecular weight is 394 g/mol. The number of hydrogen-bond acceptors (Lipinski definition) is 3. The molecule has 0 unspecified atom stereocenters. The molecule has 5 heteroatoms. The number of halogens is 2. The van der Waals surface area contributed by atoms with E-state index in [0.717, 1.165) is 38.0 Å². The van der Waals surface area contributed by atoms with Gasteiger partial charge in [0.2, 0.25) is 0 Å². The van der Waals surface area contributed by atoms with Crippen LogP contribution < -0.4 is 5.32 Å². The molecule has 0 saturated heterocycles. The summed E-state index contributed by atoms with van der Waals surface area (Å²) in [5.74, 6) is 0. The monoisotopic (exact) mass is 392 g/mol. The van der Waals surface area contributed by atoms with E-state index in [4.69, 9.17) is 16.6 Å². The second-order valence-electron chi connectivity index (χ2n) is 4.78.